The van der Waals surface area contributed by atoms with Gasteiger partial charge in [-0.3, -0.25) is 0 Å². The highest BCUT2D eigenvalue weighted by molar-refractivity contribution is 4.89. The van der Waals surface area contributed by atoms with Crippen molar-refractivity contribution in [3.63, 3.8) is 0 Å². The van der Waals surface area contributed by atoms with Gasteiger partial charge in [0.2, 0.25) is 0 Å². The molecule has 84 valence electrons. The van der Waals surface area contributed by atoms with Crippen LogP contribution in [0.1, 0.15) is 18.1 Å². The van der Waals surface area contributed by atoms with E-state index in [1.54, 1.807) is 0 Å². The number of aryl methyl sites for hydroxylation is 2. The van der Waals surface area contributed by atoms with Crippen LogP contribution in [0.15, 0.2) is 0 Å². The Labute approximate surface area is 89.6 Å². The van der Waals surface area contributed by atoms with Crippen LogP contribution in [0.2, 0.25) is 0 Å². The summed E-state index contributed by atoms with van der Waals surface area (Å²) in [7, 11) is 0. The van der Waals surface area contributed by atoms with Crippen molar-refractivity contribution in [3.8, 4) is 0 Å². The summed E-state index contributed by atoms with van der Waals surface area (Å²) < 4.78 is 7.21. The summed E-state index contributed by atoms with van der Waals surface area (Å²) in [6.07, 6.45) is 1.06. The summed E-state index contributed by atoms with van der Waals surface area (Å²) in [6.45, 7) is 6.22. The molecule has 1 fully saturated rings. The van der Waals surface area contributed by atoms with Crippen LogP contribution >= 0.6 is 0 Å². The van der Waals surface area contributed by atoms with Gasteiger partial charge in [0.15, 0.2) is 0 Å². The summed E-state index contributed by atoms with van der Waals surface area (Å²) in [5.74, 6) is 2.21. The van der Waals surface area contributed by atoms with Gasteiger partial charge in [-0.2, -0.15) is 5.10 Å². The zero-order valence-electron chi connectivity index (χ0n) is 9.31. The lowest BCUT2D eigenvalue weighted by Crippen LogP contribution is -2.35. The lowest BCUT2D eigenvalue weighted by Gasteiger charge is -2.17. The SMILES string of the molecule is Cc1nc(C)n(CC(N)C2CCOC2)n1. The second-order valence-corrected chi connectivity index (χ2v) is 4.18. The van der Waals surface area contributed by atoms with Crippen LogP contribution in [0.3, 0.4) is 0 Å². The Balaban J connectivity index is 1.98. The van der Waals surface area contributed by atoms with E-state index in [0.29, 0.717) is 5.92 Å². The van der Waals surface area contributed by atoms with Crippen molar-refractivity contribution >= 4 is 0 Å². The van der Waals surface area contributed by atoms with Gasteiger partial charge in [-0.25, -0.2) is 9.67 Å². The molecule has 0 bridgehead atoms. The van der Waals surface area contributed by atoms with Gasteiger partial charge < -0.3 is 10.5 Å². The third kappa shape index (κ3) is 2.35. The molecule has 5 heteroatoms. The van der Waals surface area contributed by atoms with Crippen molar-refractivity contribution in [2.45, 2.75) is 32.9 Å². The standard InChI is InChI=1S/C10H18N4O/c1-7-12-8(2)14(13-7)5-10(11)9-3-4-15-6-9/h9-10H,3-6,11H2,1-2H3. The third-order valence-corrected chi connectivity index (χ3v) is 2.92. The zero-order chi connectivity index (χ0) is 10.8. The van der Waals surface area contributed by atoms with Gasteiger partial charge in [-0.15, -0.1) is 0 Å². The molecule has 0 aromatic carbocycles. The fraction of sp³-hybridized carbons (Fsp3) is 0.800. The van der Waals surface area contributed by atoms with E-state index < -0.39 is 0 Å². The lowest BCUT2D eigenvalue weighted by atomic mass is 10.0. The van der Waals surface area contributed by atoms with E-state index >= 15 is 0 Å². The molecule has 0 radical (unpaired) electrons. The fourth-order valence-corrected chi connectivity index (χ4v) is 1.97. The van der Waals surface area contributed by atoms with E-state index in [-0.39, 0.29) is 6.04 Å². The third-order valence-electron chi connectivity index (χ3n) is 2.92. The van der Waals surface area contributed by atoms with Gasteiger partial charge in [-0.05, 0) is 20.3 Å². The normalized spacial score (nSPS) is 23.3. The predicted octanol–water partition coefficient (Wildman–Crippen LogP) is 0.259. The molecule has 0 spiro atoms. The van der Waals surface area contributed by atoms with Crippen LogP contribution in [0.5, 0.6) is 0 Å². The van der Waals surface area contributed by atoms with Crippen LogP contribution in [0.25, 0.3) is 0 Å². The van der Waals surface area contributed by atoms with Crippen molar-refractivity contribution in [2.75, 3.05) is 13.2 Å². The number of hydrogen-bond donors (Lipinski definition) is 1. The minimum absolute atomic E-state index is 0.118. The Bertz CT molecular complexity index is 330. The van der Waals surface area contributed by atoms with Gasteiger partial charge in [0.05, 0.1) is 13.2 Å². The number of ether oxygens (including phenoxy) is 1. The molecule has 15 heavy (non-hydrogen) atoms. The van der Waals surface area contributed by atoms with Gasteiger partial charge in [0.1, 0.15) is 11.6 Å². The van der Waals surface area contributed by atoms with Crippen LogP contribution in [0.4, 0.5) is 0 Å². The smallest absolute Gasteiger partial charge is 0.147 e. The van der Waals surface area contributed by atoms with Gasteiger partial charge in [0, 0.05) is 18.6 Å². The van der Waals surface area contributed by atoms with Gasteiger partial charge in [-0.1, -0.05) is 0 Å². The second-order valence-electron chi connectivity index (χ2n) is 4.18. The molecule has 2 heterocycles. The number of nitrogens with zero attached hydrogens (tertiary/aromatic N) is 3. The van der Waals surface area contributed by atoms with Crippen molar-refractivity contribution < 1.29 is 4.74 Å². The van der Waals surface area contributed by atoms with Crippen LogP contribution in [-0.4, -0.2) is 34.0 Å². The zero-order valence-corrected chi connectivity index (χ0v) is 9.31. The predicted molar refractivity (Wildman–Crippen MR) is 56.4 cm³/mol. The van der Waals surface area contributed by atoms with Crippen molar-refractivity contribution in [2.24, 2.45) is 11.7 Å². The number of nitrogens with two attached hydrogens (primary N) is 1. The minimum atomic E-state index is 0.118. The molecule has 0 aliphatic carbocycles. The monoisotopic (exact) mass is 210 g/mol. The maximum atomic E-state index is 6.12. The van der Waals surface area contributed by atoms with E-state index in [1.165, 1.54) is 0 Å². The fourth-order valence-electron chi connectivity index (χ4n) is 1.97. The highest BCUT2D eigenvalue weighted by Crippen LogP contribution is 2.16. The van der Waals surface area contributed by atoms with Crippen molar-refractivity contribution in [3.05, 3.63) is 11.6 Å². The highest BCUT2D eigenvalue weighted by atomic mass is 16.5. The molecule has 1 aromatic heterocycles. The van der Waals surface area contributed by atoms with E-state index in [4.69, 9.17) is 10.5 Å². The minimum Gasteiger partial charge on any atom is -0.381 e. The molecule has 2 rings (SSSR count). The van der Waals surface area contributed by atoms with Crippen molar-refractivity contribution in [1.82, 2.24) is 14.8 Å². The molecule has 1 aromatic rings. The summed E-state index contributed by atoms with van der Waals surface area (Å²) >= 11 is 0. The Morgan fingerprint density at radius 3 is 2.93 bits per heavy atom. The molecule has 2 N–H and O–H groups in total. The largest absolute Gasteiger partial charge is 0.381 e. The van der Waals surface area contributed by atoms with E-state index in [1.807, 2.05) is 18.5 Å². The average Bonchev–Trinajstić information content (AvgIpc) is 2.76. The summed E-state index contributed by atoms with van der Waals surface area (Å²) in [4.78, 5) is 4.26. The molecule has 0 saturated carbocycles. The molecular formula is C10H18N4O. The van der Waals surface area contributed by atoms with Gasteiger partial charge in [0.25, 0.3) is 0 Å². The topological polar surface area (TPSA) is 66.0 Å². The number of rotatable bonds is 3. The Morgan fingerprint density at radius 2 is 2.40 bits per heavy atom. The second kappa shape index (κ2) is 4.28. The highest BCUT2D eigenvalue weighted by Gasteiger charge is 2.23. The summed E-state index contributed by atoms with van der Waals surface area (Å²) in [6, 6.07) is 0.118. The van der Waals surface area contributed by atoms with E-state index in [0.717, 1.165) is 37.8 Å². The lowest BCUT2D eigenvalue weighted by molar-refractivity contribution is 0.178. The number of aromatic nitrogens is 3. The van der Waals surface area contributed by atoms with Crippen LogP contribution in [-0.2, 0) is 11.3 Å². The Kier molecular flexibility index (Phi) is 3.02. The summed E-state index contributed by atoms with van der Waals surface area (Å²) in [5, 5.41) is 4.31. The maximum Gasteiger partial charge on any atom is 0.147 e. The maximum absolute atomic E-state index is 6.12. The van der Waals surface area contributed by atoms with Crippen LogP contribution in [0, 0.1) is 19.8 Å². The first-order valence-electron chi connectivity index (χ1n) is 5.38. The molecule has 2 unspecified atom stereocenters. The first-order valence-corrected chi connectivity index (χ1v) is 5.38. The molecule has 1 aliphatic heterocycles. The Hall–Kier alpha value is -0.940. The first-order chi connectivity index (χ1) is 7.16. The first kappa shape index (κ1) is 10.6. The summed E-state index contributed by atoms with van der Waals surface area (Å²) in [5.41, 5.74) is 6.12. The molecule has 5 nitrogen and oxygen atoms in total. The van der Waals surface area contributed by atoms with E-state index in [9.17, 15) is 0 Å². The van der Waals surface area contributed by atoms with Crippen LogP contribution < -0.4 is 5.73 Å². The quantitative estimate of drug-likeness (QED) is 0.777. The average molecular weight is 210 g/mol. The molecule has 2 atom stereocenters. The van der Waals surface area contributed by atoms with Gasteiger partial charge >= 0.3 is 0 Å². The molecule has 1 saturated heterocycles. The molecule has 1 aliphatic rings. The number of hydrogen-bond acceptors (Lipinski definition) is 4. The van der Waals surface area contributed by atoms with E-state index in [2.05, 4.69) is 10.1 Å². The Morgan fingerprint density at radius 1 is 1.60 bits per heavy atom. The molecule has 0 amide bonds. The van der Waals surface area contributed by atoms with Crippen molar-refractivity contribution in [1.29, 1.82) is 0 Å². The molecular weight excluding hydrogens is 192 g/mol.